The zero-order valence-electron chi connectivity index (χ0n) is 11.3. The van der Waals surface area contributed by atoms with Crippen molar-refractivity contribution in [1.29, 1.82) is 0 Å². The first kappa shape index (κ1) is 14.4. The summed E-state index contributed by atoms with van der Waals surface area (Å²) in [6.07, 6.45) is -1.97. The van der Waals surface area contributed by atoms with Crippen molar-refractivity contribution in [1.82, 2.24) is 0 Å². The average molecular weight is 285 g/mol. The molecule has 5 nitrogen and oxygen atoms in total. The summed E-state index contributed by atoms with van der Waals surface area (Å²) >= 11 is 0. The zero-order chi connectivity index (χ0) is 14.7. The monoisotopic (exact) mass is 285 g/mol. The summed E-state index contributed by atoms with van der Waals surface area (Å²) in [5.41, 5.74) is 6.29. The topological polar surface area (TPSA) is 68.9 Å². The van der Waals surface area contributed by atoms with Gasteiger partial charge in [-0.05, 0) is 18.6 Å². The molecule has 2 rings (SSSR count). The number of nitrogens with zero attached hydrogens (tertiary/aromatic N) is 1. The molecule has 110 valence electrons. The summed E-state index contributed by atoms with van der Waals surface area (Å²) in [5, 5.41) is 2.84. The van der Waals surface area contributed by atoms with E-state index in [1.54, 1.807) is 25.3 Å². The van der Waals surface area contributed by atoms with Crippen molar-refractivity contribution < 1.29 is 18.3 Å². The number of nitrogens with one attached hydrogen (secondary N) is 1. The van der Waals surface area contributed by atoms with Gasteiger partial charge in [0, 0.05) is 12.0 Å². The number of aliphatic imine (C=N–C) groups is 1. The van der Waals surface area contributed by atoms with Gasteiger partial charge in [-0.15, -0.1) is 0 Å². The number of ether oxygens (including phenoxy) is 2. The lowest BCUT2D eigenvalue weighted by atomic mass is 10.2. The minimum absolute atomic E-state index is 0.0877. The Labute approximate surface area is 115 Å². The number of methoxy groups -OCH3 is 2. The van der Waals surface area contributed by atoms with Crippen LogP contribution in [0.3, 0.4) is 0 Å². The highest BCUT2D eigenvalue weighted by Crippen LogP contribution is 2.39. The maximum atomic E-state index is 12.4. The Bertz CT molecular complexity index is 508. The SMILES string of the molecule is COc1ccc(OC)c(NC(N)=N[C@H]2C[C@@H]2C(F)F)c1. The second-order valence-corrected chi connectivity index (χ2v) is 4.51. The van der Waals surface area contributed by atoms with Gasteiger partial charge in [0.1, 0.15) is 11.5 Å². The summed E-state index contributed by atoms with van der Waals surface area (Å²) in [6, 6.07) is 4.75. The lowest BCUT2D eigenvalue weighted by molar-refractivity contribution is 0.121. The fourth-order valence-electron chi connectivity index (χ4n) is 1.88. The second-order valence-electron chi connectivity index (χ2n) is 4.51. The zero-order valence-corrected chi connectivity index (χ0v) is 11.3. The lowest BCUT2D eigenvalue weighted by Gasteiger charge is -2.12. The van der Waals surface area contributed by atoms with Crippen LogP contribution in [-0.2, 0) is 0 Å². The smallest absolute Gasteiger partial charge is 0.243 e. The van der Waals surface area contributed by atoms with Crippen molar-refractivity contribution in [3.63, 3.8) is 0 Å². The van der Waals surface area contributed by atoms with E-state index in [1.165, 1.54) is 7.11 Å². The number of alkyl halides is 2. The molecule has 2 atom stereocenters. The van der Waals surface area contributed by atoms with Crippen LogP contribution in [0.25, 0.3) is 0 Å². The molecule has 1 aromatic rings. The van der Waals surface area contributed by atoms with Crippen LogP contribution in [0.1, 0.15) is 6.42 Å². The molecule has 7 heteroatoms. The maximum absolute atomic E-state index is 12.4. The van der Waals surface area contributed by atoms with Gasteiger partial charge in [0.2, 0.25) is 6.43 Å². The van der Waals surface area contributed by atoms with E-state index in [0.717, 1.165) is 0 Å². The molecule has 0 heterocycles. The van der Waals surface area contributed by atoms with Gasteiger partial charge in [0.05, 0.1) is 25.9 Å². The molecule has 0 unspecified atom stereocenters. The molecule has 0 bridgehead atoms. The van der Waals surface area contributed by atoms with Gasteiger partial charge >= 0.3 is 0 Å². The van der Waals surface area contributed by atoms with Crippen molar-refractivity contribution >= 4 is 11.6 Å². The van der Waals surface area contributed by atoms with Gasteiger partial charge in [0.25, 0.3) is 0 Å². The molecule has 0 aromatic heterocycles. The van der Waals surface area contributed by atoms with Crippen molar-refractivity contribution in [3.8, 4) is 11.5 Å². The first-order chi connectivity index (χ1) is 9.55. The molecule has 1 saturated carbocycles. The third-order valence-corrected chi connectivity index (χ3v) is 3.10. The van der Waals surface area contributed by atoms with Gasteiger partial charge in [-0.2, -0.15) is 0 Å². The highest BCUT2D eigenvalue weighted by Gasteiger charge is 2.44. The summed E-state index contributed by atoms with van der Waals surface area (Å²) in [6.45, 7) is 0. The molecule has 20 heavy (non-hydrogen) atoms. The van der Waals surface area contributed by atoms with Crippen LogP contribution < -0.4 is 20.5 Å². The highest BCUT2D eigenvalue weighted by molar-refractivity contribution is 5.94. The van der Waals surface area contributed by atoms with Crippen LogP contribution in [0.5, 0.6) is 11.5 Å². The van der Waals surface area contributed by atoms with Crippen molar-refractivity contribution in [3.05, 3.63) is 18.2 Å². The van der Waals surface area contributed by atoms with E-state index < -0.39 is 18.4 Å². The van der Waals surface area contributed by atoms with E-state index in [2.05, 4.69) is 10.3 Å². The van der Waals surface area contributed by atoms with Crippen molar-refractivity contribution in [2.45, 2.75) is 18.9 Å². The largest absolute Gasteiger partial charge is 0.497 e. The summed E-state index contributed by atoms with van der Waals surface area (Å²) in [4.78, 5) is 4.02. The molecular weight excluding hydrogens is 268 g/mol. The minimum atomic E-state index is -2.34. The summed E-state index contributed by atoms with van der Waals surface area (Å²) in [7, 11) is 3.06. The average Bonchev–Trinajstić information content (AvgIpc) is 3.17. The number of halogens is 2. The lowest BCUT2D eigenvalue weighted by Crippen LogP contribution is -2.23. The Morgan fingerprint density at radius 2 is 2.15 bits per heavy atom. The first-order valence-electron chi connectivity index (χ1n) is 6.15. The van der Waals surface area contributed by atoms with E-state index in [9.17, 15) is 8.78 Å². The molecule has 1 aliphatic rings. The Morgan fingerprint density at radius 1 is 1.40 bits per heavy atom. The third kappa shape index (κ3) is 3.28. The van der Waals surface area contributed by atoms with Crippen molar-refractivity contribution in [2.24, 2.45) is 16.6 Å². The Kier molecular flexibility index (Phi) is 4.26. The molecule has 0 saturated heterocycles. The predicted molar refractivity (Wildman–Crippen MR) is 72.7 cm³/mol. The molecule has 0 spiro atoms. The molecule has 0 aliphatic heterocycles. The number of guanidine groups is 1. The van der Waals surface area contributed by atoms with Crippen LogP contribution in [0, 0.1) is 5.92 Å². The van der Waals surface area contributed by atoms with E-state index in [4.69, 9.17) is 15.2 Å². The molecule has 3 N–H and O–H groups in total. The van der Waals surface area contributed by atoms with E-state index >= 15 is 0 Å². The van der Waals surface area contributed by atoms with Gasteiger partial charge in [0.15, 0.2) is 5.96 Å². The van der Waals surface area contributed by atoms with Crippen LogP contribution in [0.15, 0.2) is 23.2 Å². The van der Waals surface area contributed by atoms with E-state index in [0.29, 0.717) is 23.6 Å². The van der Waals surface area contributed by atoms with Gasteiger partial charge in [-0.1, -0.05) is 0 Å². The number of hydrogen-bond donors (Lipinski definition) is 2. The first-order valence-corrected chi connectivity index (χ1v) is 6.15. The Balaban J connectivity index is 2.07. The van der Waals surface area contributed by atoms with Crippen LogP contribution >= 0.6 is 0 Å². The fourth-order valence-corrected chi connectivity index (χ4v) is 1.88. The molecular formula is C13H17F2N3O2. The fraction of sp³-hybridized carbons (Fsp3) is 0.462. The highest BCUT2D eigenvalue weighted by atomic mass is 19.3. The molecule has 1 fully saturated rings. The normalized spacial score (nSPS) is 21.8. The molecule has 0 amide bonds. The van der Waals surface area contributed by atoms with E-state index in [1.807, 2.05) is 0 Å². The van der Waals surface area contributed by atoms with Crippen LogP contribution in [0.2, 0.25) is 0 Å². The molecule has 1 aliphatic carbocycles. The Hall–Kier alpha value is -2.05. The maximum Gasteiger partial charge on any atom is 0.243 e. The quantitative estimate of drug-likeness (QED) is 0.642. The third-order valence-electron chi connectivity index (χ3n) is 3.10. The standard InChI is InChI=1S/C13H17F2N3O2/c1-19-7-3-4-11(20-2)10(5-7)18-13(16)17-9-6-8(9)12(14)15/h3-5,8-9,12H,6H2,1-2H3,(H3,16,17,18)/t8-,9-/m0/s1. The summed E-state index contributed by atoms with van der Waals surface area (Å²) < 4.78 is 35.1. The second kappa shape index (κ2) is 5.94. The number of hydrogen-bond acceptors (Lipinski definition) is 3. The van der Waals surface area contributed by atoms with Crippen molar-refractivity contribution in [2.75, 3.05) is 19.5 Å². The molecule has 1 aromatic carbocycles. The summed E-state index contributed by atoms with van der Waals surface area (Å²) in [5.74, 6) is 0.593. The Morgan fingerprint density at radius 3 is 2.70 bits per heavy atom. The van der Waals surface area contributed by atoms with Crippen LogP contribution in [-0.4, -0.2) is 32.6 Å². The van der Waals surface area contributed by atoms with Gasteiger partial charge in [-0.3, -0.25) is 0 Å². The van der Waals surface area contributed by atoms with Crippen LogP contribution in [0.4, 0.5) is 14.5 Å². The number of rotatable bonds is 5. The number of benzene rings is 1. The predicted octanol–water partition coefficient (Wildman–Crippen LogP) is 2.08. The number of anilines is 1. The van der Waals surface area contributed by atoms with E-state index in [-0.39, 0.29) is 5.96 Å². The molecule has 0 radical (unpaired) electrons. The minimum Gasteiger partial charge on any atom is -0.497 e. The van der Waals surface area contributed by atoms with Gasteiger partial charge in [-0.25, -0.2) is 13.8 Å². The number of nitrogens with two attached hydrogens (primary N) is 1. The van der Waals surface area contributed by atoms with Gasteiger partial charge < -0.3 is 20.5 Å².